The highest BCUT2D eigenvalue weighted by Crippen LogP contribution is 2.34. The molecule has 0 radical (unpaired) electrons. The molecule has 1 N–H and O–H groups in total. The number of nitrogens with zero attached hydrogens (tertiary/aromatic N) is 4. The van der Waals surface area contributed by atoms with E-state index in [1.165, 1.54) is 4.90 Å². The number of aromatic nitrogens is 3. The number of rotatable bonds is 5. The van der Waals surface area contributed by atoms with E-state index in [2.05, 4.69) is 20.5 Å². The summed E-state index contributed by atoms with van der Waals surface area (Å²) in [6.45, 7) is 0.191. The Hall–Kier alpha value is -2.43. The number of carbonyl (C=O) groups is 3. The maximum absolute atomic E-state index is 13.7. The summed E-state index contributed by atoms with van der Waals surface area (Å²) in [5, 5.41) is 11.4. The Kier molecular flexibility index (Phi) is 6.40. The van der Waals surface area contributed by atoms with Gasteiger partial charge in [-0.15, -0.1) is 21.8 Å². The number of fused-ring (bicyclic) bond motifs is 1. The molecule has 2 aromatic heterocycles. The number of amides is 2. The van der Waals surface area contributed by atoms with Crippen molar-refractivity contribution in [1.29, 1.82) is 0 Å². The van der Waals surface area contributed by atoms with E-state index >= 15 is 0 Å². The van der Waals surface area contributed by atoms with Crippen LogP contribution in [0.5, 0.6) is 0 Å². The number of hydrogen-bond acceptors (Lipinski definition) is 8. The van der Waals surface area contributed by atoms with Crippen LogP contribution in [0.2, 0.25) is 0 Å². The number of nitrogens with one attached hydrogen (secondary N) is 1. The summed E-state index contributed by atoms with van der Waals surface area (Å²) in [5.74, 6) is -0.862. The van der Waals surface area contributed by atoms with Gasteiger partial charge in [-0.2, -0.15) is 0 Å². The molecule has 1 aliphatic carbocycles. The first-order chi connectivity index (χ1) is 16.0. The topological polar surface area (TPSA) is 114 Å². The summed E-state index contributed by atoms with van der Waals surface area (Å²) in [5.41, 5.74) is 0.817. The van der Waals surface area contributed by atoms with E-state index in [-0.39, 0.29) is 35.8 Å². The molecular formula is C22H24ClN5O4S. The molecule has 2 saturated heterocycles. The van der Waals surface area contributed by atoms with Gasteiger partial charge in [0.2, 0.25) is 10.9 Å². The maximum Gasteiger partial charge on any atom is 0.282 e. The van der Waals surface area contributed by atoms with Crippen molar-refractivity contribution in [3.05, 3.63) is 29.5 Å². The van der Waals surface area contributed by atoms with Gasteiger partial charge in [0.15, 0.2) is 5.78 Å². The maximum atomic E-state index is 13.7. The predicted octanol–water partition coefficient (Wildman–Crippen LogP) is 2.06. The number of likely N-dealkylation sites (tertiary alicyclic amines) is 1. The Bertz CT molecular complexity index is 1040. The van der Waals surface area contributed by atoms with Crippen LogP contribution in [0.1, 0.15) is 41.9 Å². The van der Waals surface area contributed by atoms with Gasteiger partial charge in [0.25, 0.3) is 5.91 Å². The normalized spacial score (nSPS) is 26.3. The van der Waals surface area contributed by atoms with Crippen molar-refractivity contribution in [3.8, 4) is 10.6 Å². The van der Waals surface area contributed by atoms with E-state index < -0.39 is 29.5 Å². The van der Waals surface area contributed by atoms with Crippen molar-refractivity contribution in [2.45, 2.75) is 55.7 Å². The molecular weight excluding hydrogens is 466 g/mol. The lowest BCUT2D eigenvalue weighted by Crippen LogP contribution is -2.55. The minimum absolute atomic E-state index is 0.00645. The van der Waals surface area contributed by atoms with Crippen LogP contribution in [0.3, 0.4) is 0 Å². The van der Waals surface area contributed by atoms with Crippen molar-refractivity contribution in [2.24, 2.45) is 5.92 Å². The van der Waals surface area contributed by atoms with Gasteiger partial charge in [0.05, 0.1) is 5.38 Å². The van der Waals surface area contributed by atoms with Crippen molar-refractivity contribution in [3.63, 3.8) is 0 Å². The molecule has 3 fully saturated rings. The zero-order chi connectivity index (χ0) is 22.9. The Morgan fingerprint density at radius 1 is 1.18 bits per heavy atom. The molecule has 2 amide bonds. The quantitative estimate of drug-likeness (QED) is 0.639. The molecule has 4 heterocycles. The van der Waals surface area contributed by atoms with Gasteiger partial charge >= 0.3 is 0 Å². The average Bonchev–Trinajstić information content (AvgIpc) is 3.56. The van der Waals surface area contributed by atoms with Gasteiger partial charge in [-0.05, 0) is 30.9 Å². The van der Waals surface area contributed by atoms with Crippen LogP contribution in [0, 0.1) is 5.92 Å². The fourth-order valence-corrected chi connectivity index (χ4v) is 6.09. The molecule has 9 nitrogen and oxygen atoms in total. The molecule has 3 aliphatic rings. The summed E-state index contributed by atoms with van der Waals surface area (Å²) >= 11 is 7.55. The Morgan fingerprint density at radius 2 is 1.94 bits per heavy atom. The minimum atomic E-state index is -0.748. The number of hydrogen-bond donors (Lipinski definition) is 1. The first-order valence-corrected chi connectivity index (χ1v) is 12.4. The lowest BCUT2D eigenvalue weighted by Gasteiger charge is -2.33. The number of pyridine rings is 1. The number of halogens is 1. The van der Waals surface area contributed by atoms with Crippen LogP contribution in [-0.2, 0) is 14.3 Å². The zero-order valence-corrected chi connectivity index (χ0v) is 19.4. The molecule has 11 heteroatoms. The van der Waals surface area contributed by atoms with Gasteiger partial charge in [-0.25, -0.2) is 0 Å². The van der Waals surface area contributed by atoms with Gasteiger partial charge in [0.1, 0.15) is 29.8 Å². The summed E-state index contributed by atoms with van der Waals surface area (Å²) in [7, 11) is 0. The van der Waals surface area contributed by atoms with E-state index in [4.69, 9.17) is 16.3 Å². The van der Waals surface area contributed by atoms with E-state index in [1.54, 1.807) is 24.5 Å². The standard InChI is InChI=1S/C22H24ClN5O4S/c23-14-10-28(17-15(29)11-32-18(14)17)22(31)16(12-4-2-1-3-5-12)25-19(30)21-27-26-20(33-21)13-6-8-24-9-7-13/h6-9,12,14,16-18H,1-5,10-11H2,(H,25,30)/t14-,16-,17+,18+/m0/s1. The lowest BCUT2D eigenvalue weighted by molar-refractivity contribution is -0.139. The second kappa shape index (κ2) is 9.44. The number of alkyl halides is 1. The van der Waals surface area contributed by atoms with E-state index in [0.717, 1.165) is 49.0 Å². The summed E-state index contributed by atoms with van der Waals surface area (Å²) in [6.07, 6.45) is 7.60. The van der Waals surface area contributed by atoms with Gasteiger partial charge in [-0.3, -0.25) is 19.4 Å². The third kappa shape index (κ3) is 4.39. The Labute approximate surface area is 199 Å². The predicted molar refractivity (Wildman–Crippen MR) is 121 cm³/mol. The van der Waals surface area contributed by atoms with Crippen LogP contribution in [0.15, 0.2) is 24.5 Å². The molecule has 0 bridgehead atoms. The summed E-state index contributed by atoms with van der Waals surface area (Å²) in [4.78, 5) is 44.7. The van der Waals surface area contributed by atoms with Gasteiger partial charge < -0.3 is 15.0 Å². The number of ether oxygens (including phenoxy) is 1. The van der Waals surface area contributed by atoms with Crippen LogP contribution in [-0.4, -0.2) is 74.4 Å². The van der Waals surface area contributed by atoms with Gasteiger partial charge in [-0.1, -0.05) is 30.6 Å². The molecule has 0 spiro atoms. The number of ketones is 1. The van der Waals surface area contributed by atoms with Crippen LogP contribution >= 0.6 is 22.9 Å². The van der Waals surface area contributed by atoms with Crippen molar-refractivity contribution < 1.29 is 19.1 Å². The summed E-state index contributed by atoms with van der Waals surface area (Å²) in [6, 6.07) is 2.16. The average molecular weight is 490 g/mol. The highest BCUT2D eigenvalue weighted by Gasteiger charge is 2.53. The van der Waals surface area contributed by atoms with Crippen LogP contribution in [0.4, 0.5) is 0 Å². The summed E-state index contributed by atoms with van der Waals surface area (Å²) < 4.78 is 5.52. The van der Waals surface area contributed by atoms with Gasteiger partial charge in [0, 0.05) is 24.5 Å². The highest BCUT2D eigenvalue weighted by molar-refractivity contribution is 7.16. The van der Waals surface area contributed by atoms with Crippen molar-refractivity contribution >= 4 is 40.5 Å². The first-order valence-electron chi connectivity index (χ1n) is 11.2. The third-order valence-corrected chi connectivity index (χ3v) is 7.98. The number of carbonyl (C=O) groups excluding carboxylic acids is 3. The van der Waals surface area contributed by atoms with Crippen LogP contribution in [0.25, 0.3) is 10.6 Å². The fourth-order valence-electron chi connectivity index (χ4n) is 4.98. The van der Waals surface area contributed by atoms with Crippen molar-refractivity contribution in [1.82, 2.24) is 25.4 Å². The molecule has 2 aliphatic heterocycles. The zero-order valence-electron chi connectivity index (χ0n) is 17.9. The van der Waals surface area contributed by atoms with Crippen molar-refractivity contribution in [2.75, 3.05) is 13.2 Å². The fraction of sp³-hybridized carbons (Fsp3) is 0.545. The second-order valence-corrected chi connectivity index (χ2v) is 10.2. The minimum Gasteiger partial charge on any atom is -0.366 e. The molecule has 0 aromatic carbocycles. The van der Waals surface area contributed by atoms with Crippen LogP contribution < -0.4 is 5.32 Å². The second-order valence-electron chi connectivity index (χ2n) is 8.69. The van der Waals surface area contributed by atoms with E-state index in [0.29, 0.717) is 5.01 Å². The monoisotopic (exact) mass is 489 g/mol. The number of Topliss-reactive ketones (excluding diaryl/α,β-unsaturated/α-hetero) is 1. The molecule has 174 valence electrons. The molecule has 5 rings (SSSR count). The Balaban J connectivity index is 1.37. The molecule has 4 atom stereocenters. The molecule has 0 unspecified atom stereocenters. The SMILES string of the molecule is O=C(N[C@H](C(=O)N1C[C@H](Cl)[C@H]2OCC(=O)[C@H]21)C1CCCCC1)c1nnc(-c2ccncc2)s1. The largest absolute Gasteiger partial charge is 0.366 e. The molecule has 2 aromatic rings. The Morgan fingerprint density at radius 3 is 2.70 bits per heavy atom. The lowest BCUT2D eigenvalue weighted by atomic mass is 9.83. The third-order valence-electron chi connectivity index (χ3n) is 6.63. The van der Waals surface area contributed by atoms with E-state index in [1.807, 2.05) is 0 Å². The highest BCUT2D eigenvalue weighted by atomic mass is 35.5. The molecule has 33 heavy (non-hydrogen) atoms. The van der Waals surface area contributed by atoms with E-state index in [9.17, 15) is 14.4 Å². The first kappa shape index (κ1) is 22.4. The molecule has 1 saturated carbocycles. The smallest absolute Gasteiger partial charge is 0.282 e.